The van der Waals surface area contributed by atoms with Gasteiger partial charge in [0, 0.05) is 11.3 Å². The van der Waals surface area contributed by atoms with E-state index in [9.17, 15) is 13.5 Å². The second-order valence-electron chi connectivity index (χ2n) is 3.94. The van der Waals surface area contributed by atoms with E-state index in [-0.39, 0.29) is 6.42 Å². The van der Waals surface area contributed by atoms with Gasteiger partial charge in [0.25, 0.3) is 0 Å². The molecule has 0 bridgehead atoms. The summed E-state index contributed by atoms with van der Waals surface area (Å²) in [5, 5.41) is 9.58. The lowest BCUT2D eigenvalue weighted by Gasteiger charge is -2.17. The lowest BCUT2D eigenvalue weighted by Crippen LogP contribution is -2.32. The van der Waals surface area contributed by atoms with Gasteiger partial charge in [0.15, 0.2) is 9.84 Å². The molecule has 90 valence electrons. The van der Waals surface area contributed by atoms with Gasteiger partial charge in [0.1, 0.15) is 0 Å². The molecule has 2 unspecified atom stereocenters. The number of hydrogen-bond acceptors (Lipinski definition) is 3. The van der Waals surface area contributed by atoms with Gasteiger partial charge in [0.2, 0.25) is 0 Å². The van der Waals surface area contributed by atoms with E-state index in [1.807, 2.05) is 6.07 Å². The normalized spacial score (nSPS) is 15.8. The number of aliphatic hydroxyl groups is 1. The second-order valence-corrected chi connectivity index (χ2v) is 6.78. The minimum atomic E-state index is -3.22. The Morgan fingerprint density at radius 3 is 2.56 bits per heavy atom. The number of hydrogen-bond donors (Lipinski definition) is 1. The molecule has 0 aliphatic carbocycles. The minimum absolute atomic E-state index is 0.287. The average Bonchev–Trinajstić information content (AvgIpc) is 2.15. The van der Waals surface area contributed by atoms with Crippen LogP contribution in [0.4, 0.5) is 0 Å². The van der Waals surface area contributed by atoms with Gasteiger partial charge in [-0.2, -0.15) is 0 Å². The lowest BCUT2D eigenvalue weighted by atomic mass is 10.1. The van der Waals surface area contributed by atoms with Gasteiger partial charge in [-0.25, -0.2) is 8.42 Å². The Kier molecular flexibility index (Phi) is 4.35. The van der Waals surface area contributed by atoms with Crippen LogP contribution in [0.25, 0.3) is 0 Å². The second kappa shape index (κ2) is 5.17. The van der Waals surface area contributed by atoms with Crippen LogP contribution in [-0.2, 0) is 16.3 Å². The van der Waals surface area contributed by atoms with Gasteiger partial charge in [-0.05, 0) is 31.0 Å². The minimum Gasteiger partial charge on any atom is -0.391 e. The van der Waals surface area contributed by atoms with E-state index in [0.29, 0.717) is 5.02 Å². The first kappa shape index (κ1) is 13.5. The van der Waals surface area contributed by atoms with Crippen LogP contribution >= 0.6 is 11.6 Å². The Morgan fingerprint density at radius 1 is 1.44 bits per heavy atom. The Balaban J connectivity index is 2.75. The summed E-state index contributed by atoms with van der Waals surface area (Å²) in [6.07, 6.45) is 0.502. The number of benzene rings is 1. The topological polar surface area (TPSA) is 54.4 Å². The molecule has 1 aromatic carbocycles. The van der Waals surface area contributed by atoms with Crippen LogP contribution in [0.5, 0.6) is 0 Å². The van der Waals surface area contributed by atoms with Gasteiger partial charge in [-0.1, -0.05) is 23.7 Å². The highest BCUT2D eigenvalue weighted by atomic mass is 35.5. The quantitative estimate of drug-likeness (QED) is 0.898. The van der Waals surface area contributed by atoms with Crippen LogP contribution in [0.2, 0.25) is 5.02 Å². The van der Waals surface area contributed by atoms with Gasteiger partial charge in [-0.15, -0.1) is 0 Å². The maximum Gasteiger partial charge on any atom is 0.152 e. The molecule has 1 rings (SSSR count). The van der Waals surface area contributed by atoms with Crippen molar-refractivity contribution in [1.29, 1.82) is 0 Å². The van der Waals surface area contributed by atoms with E-state index in [1.165, 1.54) is 6.92 Å². The van der Waals surface area contributed by atoms with Crippen molar-refractivity contribution >= 4 is 21.4 Å². The van der Waals surface area contributed by atoms with Crippen molar-refractivity contribution < 1.29 is 13.5 Å². The Morgan fingerprint density at radius 2 is 2.06 bits per heavy atom. The third-order valence-corrected chi connectivity index (χ3v) is 4.45. The zero-order valence-electron chi connectivity index (χ0n) is 9.22. The predicted molar refractivity (Wildman–Crippen MR) is 65.5 cm³/mol. The number of sulfone groups is 1. The summed E-state index contributed by atoms with van der Waals surface area (Å²) in [7, 11) is -3.22. The molecule has 16 heavy (non-hydrogen) atoms. The summed E-state index contributed by atoms with van der Waals surface area (Å²) < 4.78 is 22.5. The molecule has 0 saturated heterocycles. The fourth-order valence-corrected chi connectivity index (χ4v) is 2.24. The van der Waals surface area contributed by atoms with Crippen molar-refractivity contribution in [1.82, 2.24) is 0 Å². The molecule has 0 aromatic heterocycles. The third-order valence-electron chi connectivity index (χ3n) is 2.55. The fourth-order valence-electron chi connectivity index (χ4n) is 1.36. The molecule has 2 atom stereocenters. The smallest absolute Gasteiger partial charge is 0.152 e. The van der Waals surface area contributed by atoms with Crippen molar-refractivity contribution in [2.45, 2.75) is 24.7 Å². The molecule has 0 aliphatic rings. The first-order chi connectivity index (χ1) is 7.30. The van der Waals surface area contributed by atoms with E-state index in [0.717, 1.165) is 11.8 Å². The standard InChI is InChI=1S/C11H15ClO3S/c1-8(16(2,14)15)11(13)7-9-4-3-5-10(12)6-9/h3-6,8,11,13H,7H2,1-2H3. The third kappa shape index (κ3) is 3.77. The predicted octanol–water partition coefficient (Wildman–Crippen LogP) is 1.68. The van der Waals surface area contributed by atoms with Crippen molar-refractivity contribution in [3.8, 4) is 0 Å². The summed E-state index contributed by atoms with van der Waals surface area (Å²) in [6, 6.07) is 7.04. The highest BCUT2D eigenvalue weighted by Crippen LogP contribution is 2.15. The van der Waals surface area contributed by atoms with Gasteiger partial charge in [-0.3, -0.25) is 0 Å². The number of halogens is 1. The van der Waals surface area contributed by atoms with Crippen molar-refractivity contribution in [2.75, 3.05) is 6.26 Å². The van der Waals surface area contributed by atoms with Gasteiger partial charge in [0.05, 0.1) is 11.4 Å². The van der Waals surface area contributed by atoms with E-state index >= 15 is 0 Å². The summed E-state index contributed by atoms with van der Waals surface area (Å²) in [5.74, 6) is 0. The van der Waals surface area contributed by atoms with E-state index in [1.54, 1.807) is 18.2 Å². The molecule has 0 spiro atoms. The van der Waals surface area contributed by atoms with Crippen LogP contribution in [0.1, 0.15) is 12.5 Å². The Labute approximate surface area is 101 Å². The van der Waals surface area contributed by atoms with Crippen molar-refractivity contribution in [3.63, 3.8) is 0 Å². The maximum absolute atomic E-state index is 11.2. The van der Waals surface area contributed by atoms with E-state index in [4.69, 9.17) is 11.6 Å². The lowest BCUT2D eigenvalue weighted by molar-refractivity contribution is 0.173. The van der Waals surface area contributed by atoms with Crippen LogP contribution in [0.15, 0.2) is 24.3 Å². The average molecular weight is 263 g/mol. The van der Waals surface area contributed by atoms with Crippen LogP contribution < -0.4 is 0 Å². The number of aliphatic hydroxyl groups excluding tert-OH is 1. The van der Waals surface area contributed by atoms with Crippen molar-refractivity contribution in [2.24, 2.45) is 0 Å². The molecule has 0 heterocycles. The molecular weight excluding hydrogens is 248 g/mol. The molecule has 3 nitrogen and oxygen atoms in total. The monoisotopic (exact) mass is 262 g/mol. The summed E-state index contributed by atoms with van der Waals surface area (Å²) in [4.78, 5) is 0. The number of rotatable bonds is 4. The summed E-state index contributed by atoms with van der Waals surface area (Å²) in [6.45, 7) is 1.50. The van der Waals surface area contributed by atoms with Crippen molar-refractivity contribution in [3.05, 3.63) is 34.9 Å². The molecule has 1 N–H and O–H groups in total. The Hall–Kier alpha value is -0.580. The molecular formula is C11H15ClO3S. The molecule has 5 heteroatoms. The molecule has 0 saturated carbocycles. The maximum atomic E-state index is 11.2. The van der Waals surface area contributed by atoms with Crippen LogP contribution in [0, 0.1) is 0 Å². The summed E-state index contributed by atoms with van der Waals surface area (Å²) in [5.41, 5.74) is 0.829. The first-order valence-electron chi connectivity index (χ1n) is 4.92. The molecule has 0 aliphatic heterocycles. The molecule has 0 fully saturated rings. The zero-order chi connectivity index (χ0) is 12.3. The molecule has 1 aromatic rings. The van der Waals surface area contributed by atoms with Gasteiger partial charge < -0.3 is 5.11 Å². The zero-order valence-corrected chi connectivity index (χ0v) is 10.8. The van der Waals surface area contributed by atoms with Gasteiger partial charge >= 0.3 is 0 Å². The van der Waals surface area contributed by atoms with E-state index in [2.05, 4.69) is 0 Å². The van der Waals surface area contributed by atoms with Crippen LogP contribution in [-0.4, -0.2) is 31.1 Å². The first-order valence-corrected chi connectivity index (χ1v) is 7.25. The highest BCUT2D eigenvalue weighted by Gasteiger charge is 2.23. The molecule has 0 amide bonds. The van der Waals surface area contributed by atoms with E-state index < -0.39 is 21.2 Å². The fraction of sp³-hybridized carbons (Fsp3) is 0.455. The largest absolute Gasteiger partial charge is 0.391 e. The summed E-state index contributed by atoms with van der Waals surface area (Å²) >= 11 is 5.80. The SMILES string of the molecule is CC(C(O)Cc1cccc(Cl)c1)S(C)(=O)=O. The molecule has 0 radical (unpaired) electrons. The van der Waals surface area contributed by atoms with Crippen LogP contribution in [0.3, 0.4) is 0 Å². The Bertz CT molecular complexity index is 456. The highest BCUT2D eigenvalue weighted by molar-refractivity contribution is 7.91.